The molecule has 0 aromatic heterocycles. The molecule has 2 heterocycles. The van der Waals surface area contributed by atoms with Crippen LogP contribution in [0.3, 0.4) is 0 Å². The van der Waals surface area contributed by atoms with Crippen LogP contribution in [-0.2, 0) is 9.47 Å². The van der Waals surface area contributed by atoms with E-state index in [0.717, 1.165) is 39.2 Å². The highest BCUT2D eigenvalue weighted by Gasteiger charge is 2.38. The van der Waals surface area contributed by atoms with Crippen molar-refractivity contribution in [3.8, 4) is 0 Å². The van der Waals surface area contributed by atoms with Gasteiger partial charge in [0.2, 0.25) is 0 Å². The van der Waals surface area contributed by atoms with Crippen molar-refractivity contribution in [1.29, 1.82) is 0 Å². The van der Waals surface area contributed by atoms with Gasteiger partial charge in [0.05, 0.1) is 5.60 Å². The fraction of sp³-hybridized carbons (Fsp3) is 0.882. The van der Waals surface area contributed by atoms with Crippen LogP contribution in [0.15, 0.2) is 11.6 Å². The van der Waals surface area contributed by atoms with Gasteiger partial charge in [-0.15, -0.1) is 0 Å². The van der Waals surface area contributed by atoms with Gasteiger partial charge in [-0.05, 0) is 64.3 Å². The Hall–Kier alpha value is -0.380. The Morgan fingerprint density at radius 1 is 1.20 bits per heavy atom. The Morgan fingerprint density at radius 3 is 2.90 bits per heavy atom. The van der Waals surface area contributed by atoms with E-state index in [1.165, 1.54) is 44.9 Å². The molecule has 0 bridgehead atoms. The molecule has 1 spiro atoms. The standard InChI is InChI=1S/C17H29NO2/c1-2-4-15(5-3-1)6-10-18-16-7-11-20-17(14-16)8-12-19-13-9-17/h4,16,18H,1-3,5-14H2. The van der Waals surface area contributed by atoms with Crippen LogP contribution in [0.1, 0.15) is 57.8 Å². The van der Waals surface area contributed by atoms with Gasteiger partial charge in [0.25, 0.3) is 0 Å². The van der Waals surface area contributed by atoms with Crippen LogP contribution in [0.25, 0.3) is 0 Å². The number of hydrogen-bond donors (Lipinski definition) is 1. The largest absolute Gasteiger partial charge is 0.381 e. The first-order valence-corrected chi connectivity index (χ1v) is 8.49. The van der Waals surface area contributed by atoms with E-state index in [2.05, 4.69) is 11.4 Å². The third-order valence-electron chi connectivity index (χ3n) is 5.16. The summed E-state index contributed by atoms with van der Waals surface area (Å²) in [5.41, 5.74) is 1.80. The molecule has 20 heavy (non-hydrogen) atoms. The number of rotatable bonds is 4. The molecule has 0 aromatic rings. The first-order valence-electron chi connectivity index (χ1n) is 8.49. The molecule has 0 amide bonds. The molecule has 0 saturated carbocycles. The second-order valence-electron chi connectivity index (χ2n) is 6.65. The third kappa shape index (κ3) is 3.84. The molecule has 1 atom stereocenters. The van der Waals surface area contributed by atoms with E-state index >= 15 is 0 Å². The summed E-state index contributed by atoms with van der Waals surface area (Å²) >= 11 is 0. The zero-order chi connectivity index (χ0) is 13.7. The summed E-state index contributed by atoms with van der Waals surface area (Å²) in [7, 11) is 0. The van der Waals surface area contributed by atoms with Gasteiger partial charge >= 0.3 is 0 Å². The lowest BCUT2D eigenvalue weighted by Crippen LogP contribution is -2.50. The third-order valence-corrected chi connectivity index (χ3v) is 5.16. The van der Waals surface area contributed by atoms with E-state index < -0.39 is 0 Å². The molecule has 2 aliphatic heterocycles. The minimum Gasteiger partial charge on any atom is -0.381 e. The minimum atomic E-state index is 0.123. The van der Waals surface area contributed by atoms with Crippen molar-refractivity contribution in [3.05, 3.63) is 11.6 Å². The summed E-state index contributed by atoms with van der Waals surface area (Å²) < 4.78 is 11.6. The van der Waals surface area contributed by atoms with Gasteiger partial charge in [0.1, 0.15) is 0 Å². The summed E-state index contributed by atoms with van der Waals surface area (Å²) in [6.45, 7) is 3.81. The predicted octanol–water partition coefficient (Wildman–Crippen LogP) is 3.19. The fourth-order valence-corrected chi connectivity index (χ4v) is 3.86. The summed E-state index contributed by atoms with van der Waals surface area (Å²) in [6, 6.07) is 0.644. The molecule has 1 unspecified atom stereocenters. The van der Waals surface area contributed by atoms with Crippen LogP contribution < -0.4 is 5.32 Å². The molecule has 0 radical (unpaired) electrons. The van der Waals surface area contributed by atoms with E-state index in [9.17, 15) is 0 Å². The van der Waals surface area contributed by atoms with Crippen molar-refractivity contribution < 1.29 is 9.47 Å². The van der Waals surface area contributed by atoms with Gasteiger partial charge in [0.15, 0.2) is 0 Å². The van der Waals surface area contributed by atoms with Crippen molar-refractivity contribution in [2.45, 2.75) is 69.4 Å². The molecular formula is C17H29NO2. The SMILES string of the molecule is C1=C(CCNC2CCOC3(CCOCC3)C2)CCCC1. The van der Waals surface area contributed by atoms with Crippen LogP contribution >= 0.6 is 0 Å². The Morgan fingerprint density at radius 2 is 2.10 bits per heavy atom. The number of allylic oxidation sites excluding steroid dienone is 1. The highest BCUT2D eigenvalue weighted by atomic mass is 16.5. The summed E-state index contributed by atoms with van der Waals surface area (Å²) in [6.07, 6.45) is 13.6. The Balaban J connectivity index is 1.42. The van der Waals surface area contributed by atoms with Crippen molar-refractivity contribution in [3.63, 3.8) is 0 Å². The van der Waals surface area contributed by atoms with E-state index in [4.69, 9.17) is 9.47 Å². The van der Waals surface area contributed by atoms with Crippen LogP contribution in [0.2, 0.25) is 0 Å². The van der Waals surface area contributed by atoms with Crippen LogP contribution in [-0.4, -0.2) is 38.0 Å². The highest BCUT2D eigenvalue weighted by molar-refractivity contribution is 5.05. The normalized spacial score (nSPS) is 30.2. The monoisotopic (exact) mass is 279 g/mol. The molecule has 114 valence electrons. The lowest BCUT2D eigenvalue weighted by molar-refractivity contribution is -0.140. The fourth-order valence-electron chi connectivity index (χ4n) is 3.86. The summed E-state index contributed by atoms with van der Waals surface area (Å²) in [5.74, 6) is 0. The predicted molar refractivity (Wildman–Crippen MR) is 80.9 cm³/mol. The van der Waals surface area contributed by atoms with Crippen molar-refractivity contribution in [1.82, 2.24) is 5.32 Å². The molecule has 1 aliphatic carbocycles. The van der Waals surface area contributed by atoms with Gasteiger partial charge in [-0.2, -0.15) is 0 Å². The molecule has 0 aromatic carbocycles. The Labute approximate surface area is 123 Å². The first-order chi connectivity index (χ1) is 9.86. The summed E-state index contributed by atoms with van der Waals surface area (Å²) in [5, 5.41) is 3.78. The molecule has 2 fully saturated rings. The smallest absolute Gasteiger partial charge is 0.0741 e. The number of hydrogen-bond acceptors (Lipinski definition) is 3. The maximum Gasteiger partial charge on any atom is 0.0741 e. The van der Waals surface area contributed by atoms with Gasteiger partial charge in [-0.25, -0.2) is 0 Å². The van der Waals surface area contributed by atoms with Crippen molar-refractivity contribution in [2.24, 2.45) is 0 Å². The summed E-state index contributed by atoms with van der Waals surface area (Å²) in [4.78, 5) is 0. The zero-order valence-corrected chi connectivity index (χ0v) is 12.7. The second kappa shape index (κ2) is 7.06. The molecule has 3 aliphatic rings. The maximum atomic E-state index is 6.10. The number of nitrogens with one attached hydrogen (secondary N) is 1. The topological polar surface area (TPSA) is 30.5 Å². The van der Waals surface area contributed by atoms with Gasteiger partial charge in [-0.3, -0.25) is 0 Å². The number of ether oxygens (including phenoxy) is 2. The molecule has 2 saturated heterocycles. The van der Waals surface area contributed by atoms with E-state index in [1.54, 1.807) is 5.57 Å². The Bertz CT molecular complexity index is 328. The molecule has 3 heteroatoms. The molecule has 3 rings (SSSR count). The molecular weight excluding hydrogens is 250 g/mol. The van der Waals surface area contributed by atoms with Gasteiger partial charge in [-0.1, -0.05) is 11.6 Å². The maximum absolute atomic E-state index is 6.10. The van der Waals surface area contributed by atoms with E-state index in [1.807, 2.05) is 0 Å². The quantitative estimate of drug-likeness (QED) is 0.802. The highest BCUT2D eigenvalue weighted by Crippen LogP contribution is 2.34. The zero-order valence-electron chi connectivity index (χ0n) is 12.7. The lowest BCUT2D eigenvalue weighted by atomic mass is 9.84. The van der Waals surface area contributed by atoms with Crippen LogP contribution in [0.5, 0.6) is 0 Å². The van der Waals surface area contributed by atoms with E-state index in [0.29, 0.717) is 6.04 Å². The second-order valence-corrected chi connectivity index (χ2v) is 6.65. The first kappa shape index (κ1) is 14.6. The van der Waals surface area contributed by atoms with Crippen LogP contribution in [0.4, 0.5) is 0 Å². The van der Waals surface area contributed by atoms with Crippen molar-refractivity contribution >= 4 is 0 Å². The van der Waals surface area contributed by atoms with Gasteiger partial charge in [0, 0.05) is 25.9 Å². The minimum absolute atomic E-state index is 0.123. The van der Waals surface area contributed by atoms with E-state index in [-0.39, 0.29) is 5.60 Å². The van der Waals surface area contributed by atoms with Crippen LogP contribution in [0, 0.1) is 0 Å². The van der Waals surface area contributed by atoms with Crippen molar-refractivity contribution in [2.75, 3.05) is 26.4 Å². The molecule has 3 nitrogen and oxygen atoms in total. The average Bonchev–Trinajstić information content (AvgIpc) is 2.49. The molecule has 1 N–H and O–H groups in total. The lowest BCUT2D eigenvalue weighted by Gasteiger charge is -2.43. The Kier molecular flexibility index (Phi) is 5.14. The van der Waals surface area contributed by atoms with Gasteiger partial charge < -0.3 is 14.8 Å². The average molecular weight is 279 g/mol.